The van der Waals surface area contributed by atoms with Crippen molar-refractivity contribution < 1.29 is 0 Å². The Morgan fingerprint density at radius 1 is 1.14 bits per heavy atom. The first-order chi connectivity index (χ1) is 10.3. The lowest BCUT2D eigenvalue weighted by Gasteiger charge is -2.48. The van der Waals surface area contributed by atoms with Crippen molar-refractivity contribution in [1.82, 2.24) is 29.6 Å². The predicted molar refractivity (Wildman–Crippen MR) is 80.5 cm³/mol. The molecule has 0 amide bonds. The lowest BCUT2D eigenvalue weighted by Crippen LogP contribution is -2.63. The molecule has 4 rings (SSSR count). The molecule has 2 aliphatic heterocycles. The van der Waals surface area contributed by atoms with Crippen molar-refractivity contribution in [3.8, 4) is 0 Å². The van der Waals surface area contributed by atoms with E-state index in [-0.39, 0.29) is 0 Å². The second kappa shape index (κ2) is 5.23. The first-order valence-corrected chi connectivity index (χ1v) is 7.72. The largest absolute Gasteiger partial charge is 0.352 e. The normalized spacial score (nSPS) is 21.9. The van der Waals surface area contributed by atoms with Crippen LogP contribution in [0.4, 0.5) is 5.82 Å². The molecule has 7 heteroatoms. The maximum atomic E-state index is 4.55. The summed E-state index contributed by atoms with van der Waals surface area (Å²) < 4.78 is 1.74. The molecule has 112 valence electrons. The van der Waals surface area contributed by atoms with E-state index in [0.29, 0.717) is 6.04 Å². The first-order valence-electron chi connectivity index (χ1n) is 7.72. The van der Waals surface area contributed by atoms with Crippen LogP contribution in [0.1, 0.15) is 6.92 Å². The Morgan fingerprint density at radius 2 is 1.95 bits per heavy atom. The van der Waals surface area contributed by atoms with E-state index >= 15 is 0 Å². The van der Waals surface area contributed by atoms with Crippen LogP contribution < -0.4 is 4.90 Å². The third-order valence-electron chi connectivity index (χ3n) is 4.70. The Kier molecular flexibility index (Phi) is 3.23. The van der Waals surface area contributed by atoms with Crippen molar-refractivity contribution in [2.75, 3.05) is 50.7 Å². The minimum atomic E-state index is 0.683. The van der Waals surface area contributed by atoms with Gasteiger partial charge in [0.15, 0.2) is 5.65 Å². The molecule has 2 fully saturated rings. The third kappa shape index (κ3) is 2.36. The monoisotopic (exact) mass is 287 g/mol. The van der Waals surface area contributed by atoms with Gasteiger partial charge in [-0.15, -0.1) is 15.3 Å². The van der Waals surface area contributed by atoms with Crippen LogP contribution >= 0.6 is 0 Å². The highest BCUT2D eigenvalue weighted by atomic mass is 15.4. The van der Waals surface area contributed by atoms with E-state index in [1.165, 1.54) is 32.7 Å². The van der Waals surface area contributed by atoms with Crippen LogP contribution in [-0.2, 0) is 0 Å². The summed E-state index contributed by atoms with van der Waals surface area (Å²) in [6.07, 6.45) is 1.65. The summed E-state index contributed by atoms with van der Waals surface area (Å²) in [4.78, 5) is 7.48. The van der Waals surface area contributed by atoms with E-state index in [4.69, 9.17) is 0 Å². The standard InChI is InChI=1S/C14H21N7/c1-2-18-5-7-19(8-6-18)12-9-20(10-12)14-4-3-13-16-15-11-21(13)17-14/h3-4,11-12H,2,5-10H2,1H3. The Morgan fingerprint density at radius 3 is 2.71 bits per heavy atom. The van der Waals surface area contributed by atoms with Gasteiger partial charge < -0.3 is 9.80 Å². The van der Waals surface area contributed by atoms with Gasteiger partial charge in [-0.3, -0.25) is 4.90 Å². The van der Waals surface area contributed by atoms with Gasteiger partial charge in [0.25, 0.3) is 0 Å². The predicted octanol–water partition coefficient (Wildman–Crippen LogP) is -0.0496. The molecule has 7 nitrogen and oxygen atoms in total. The van der Waals surface area contributed by atoms with Crippen molar-refractivity contribution in [2.24, 2.45) is 0 Å². The highest BCUT2D eigenvalue weighted by Gasteiger charge is 2.34. The fourth-order valence-electron chi connectivity index (χ4n) is 3.21. The molecule has 0 spiro atoms. The maximum Gasteiger partial charge on any atom is 0.177 e. The van der Waals surface area contributed by atoms with Crippen molar-refractivity contribution in [3.63, 3.8) is 0 Å². The van der Waals surface area contributed by atoms with Crippen molar-refractivity contribution in [3.05, 3.63) is 18.5 Å². The molecule has 2 aliphatic rings. The van der Waals surface area contributed by atoms with Crippen LogP contribution in [-0.4, -0.2) is 81.5 Å². The summed E-state index contributed by atoms with van der Waals surface area (Å²) >= 11 is 0. The first kappa shape index (κ1) is 13.0. The number of rotatable bonds is 3. The third-order valence-corrected chi connectivity index (χ3v) is 4.70. The second-order valence-electron chi connectivity index (χ2n) is 5.85. The van der Waals surface area contributed by atoms with Gasteiger partial charge >= 0.3 is 0 Å². The molecule has 0 saturated carbocycles. The van der Waals surface area contributed by atoms with Gasteiger partial charge in [0.1, 0.15) is 12.1 Å². The van der Waals surface area contributed by atoms with Crippen molar-refractivity contribution >= 4 is 11.5 Å². The molecule has 0 radical (unpaired) electrons. The van der Waals surface area contributed by atoms with Gasteiger partial charge in [0.2, 0.25) is 0 Å². The van der Waals surface area contributed by atoms with Gasteiger partial charge in [-0.25, -0.2) is 0 Å². The quantitative estimate of drug-likeness (QED) is 0.789. The van der Waals surface area contributed by atoms with Crippen LogP contribution in [0.25, 0.3) is 5.65 Å². The van der Waals surface area contributed by atoms with Gasteiger partial charge in [-0.2, -0.15) is 4.52 Å². The molecule has 21 heavy (non-hydrogen) atoms. The summed E-state index contributed by atoms with van der Waals surface area (Å²) in [6.45, 7) is 10.4. The van der Waals surface area contributed by atoms with Crippen molar-refractivity contribution in [2.45, 2.75) is 13.0 Å². The highest BCUT2D eigenvalue weighted by molar-refractivity contribution is 5.47. The number of hydrogen-bond acceptors (Lipinski definition) is 6. The number of aromatic nitrogens is 4. The fraction of sp³-hybridized carbons (Fsp3) is 0.643. The topological polar surface area (TPSA) is 52.8 Å². The molecule has 0 atom stereocenters. The SMILES string of the molecule is CCN1CCN(C2CN(c3ccc4nncn4n3)C2)CC1. The number of likely N-dealkylation sites (N-methyl/N-ethyl adjacent to an activating group) is 1. The number of hydrogen-bond donors (Lipinski definition) is 0. The Labute approximate surface area is 124 Å². The molecular formula is C14H21N7. The van der Waals surface area contributed by atoms with Crippen molar-refractivity contribution in [1.29, 1.82) is 0 Å². The average molecular weight is 287 g/mol. The number of fused-ring (bicyclic) bond motifs is 1. The Balaban J connectivity index is 1.36. The van der Waals surface area contributed by atoms with Gasteiger partial charge in [-0.05, 0) is 18.7 Å². The van der Waals surface area contributed by atoms with E-state index < -0.39 is 0 Å². The Bertz CT molecular complexity index is 611. The van der Waals surface area contributed by atoms with Crippen LogP contribution in [0.5, 0.6) is 0 Å². The molecule has 4 heterocycles. The highest BCUT2D eigenvalue weighted by Crippen LogP contribution is 2.22. The number of nitrogens with zero attached hydrogens (tertiary/aromatic N) is 7. The van der Waals surface area contributed by atoms with Gasteiger partial charge in [0.05, 0.1) is 0 Å². The van der Waals surface area contributed by atoms with E-state index in [1.54, 1.807) is 10.8 Å². The summed E-state index contributed by atoms with van der Waals surface area (Å²) in [6, 6.07) is 4.69. The molecule has 2 aromatic rings. The molecule has 2 saturated heterocycles. The molecule has 0 aliphatic carbocycles. The lowest BCUT2D eigenvalue weighted by atomic mass is 10.1. The molecule has 0 N–H and O–H groups in total. The fourth-order valence-corrected chi connectivity index (χ4v) is 3.21. The summed E-state index contributed by atoms with van der Waals surface area (Å²) in [7, 11) is 0. The molecule has 0 unspecified atom stereocenters. The van der Waals surface area contributed by atoms with Crippen LogP contribution in [0.3, 0.4) is 0 Å². The average Bonchev–Trinajstić information content (AvgIpc) is 2.94. The molecule has 2 aromatic heterocycles. The molecule has 0 aromatic carbocycles. The van der Waals surface area contributed by atoms with Crippen LogP contribution in [0.15, 0.2) is 18.5 Å². The zero-order valence-corrected chi connectivity index (χ0v) is 12.4. The molecule has 0 bridgehead atoms. The van der Waals surface area contributed by atoms with Gasteiger partial charge in [-0.1, -0.05) is 6.92 Å². The minimum Gasteiger partial charge on any atom is -0.352 e. The number of piperazine rings is 1. The van der Waals surface area contributed by atoms with Crippen LogP contribution in [0, 0.1) is 0 Å². The minimum absolute atomic E-state index is 0.683. The summed E-state index contributed by atoms with van der Waals surface area (Å²) in [5, 5.41) is 12.4. The van der Waals surface area contributed by atoms with E-state index in [0.717, 1.165) is 24.6 Å². The second-order valence-corrected chi connectivity index (χ2v) is 5.85. The van der Waals surface area contributed by atoms with E-state index in [9.17, 15) is 0 Å². The lowest BCUT2D eigenvalue weighted by molar-refractivity contribution is 0.0858. The zero-order valence-electron chi connectivity index (χ0n) is 12.4. The van der Waals surface area contributed by atoms with E-state index in [2.05, 4.69) is 36.9 Å². The summed E-state index contributed by atoms with van der Waals surface area (Å²) in [5.41, 5.74) is 0.798. The molecular weight excluding hydrogens is 266 g/mol. The van der Waals surface area contributed by atoms with Crippen LogP contribution in [0.2, 0.25) is 0 Å². The van der Waals surface area contributed by atoms with E-state index in [1.807, 2.05) is 12.1 Å². The van der Waals surface area contributed by atoms with Gasteiger partial charge in [0, 0.05) is 45.3 Å². The zero-order chi connectivity index (χ0) is 14.2. The maximum absolute atomic E-state index is 4.55. The number of anilines is 1. The summed E-state index contributed by atoms with van der Waals surface area (Å²) in [5.74, 6) is 1.02. The Hall–Kier alpha value is -1.73. The smallest absolute Gasteiger partial charge is 0.177 e.